The first-order valence-corrected chi connectivity index (χ1v) is 6.03. The molecule has 0 radical (unpaired) electrons. The lowest BCUT2D eigenvalue weighted by atomic mass is 10.2. The fourth-order valence-corrected chi connectivity index (χ4v) is 1.96. The van der Waals surface area contributed by atoms with Crippen LogP contribution in [0.2, 0.25) is 5.02 Å². The van der Waals surface area contributed by atoms with Crippen LogP contribution in [0, 0.1) is 5.82 Å². The van der Waals surface area contributed by atoms with Crippen molar-refractivity contribution in [1.82, 2.24) is 4.98 Å². The maximum Gasteiger partial charge on any atom is 0.258 e. The van der Waals surface area contributed by atoms with E-state index in [2.05, 4.69) is 10.3 Å². The molecule has 1 aliphatic rings. The Morgan fingerprint density at radius 1 is 1.35 bits per heavy atom. The summed E-state index contributed by atoms with van der Waals surface area (Å²) in [5.74, 6) is -0.351. The number of aromatic nitrogens is 1. The summed E-state index contributed by atoms with van der Waals surface area (Å²) in [6, 6.07) is 4.34. The van der Waals surface area contributed by atoms with Crippen LogP contribution in [0.1, 0.15) is 10.4 Å². The summed E-state index contributed by atoms with van der Waals surface area (Å²) in [6.45, 7) is 0.0993. The molecule has 0 saturated carbocycles. The lowest BCUT2D eigenvalue weighted by molar-refractivity contribution is 0.102. The Bertz CT molecular complexity index is 693. The maximum atomic E-state index is 13.5. The Labute approximate surface area is 118 Å². The summed E-state index contributed by atoms with van der Waals surface area (Å²) in [4.78, 5) is 15.6. The Balaban J connectivity index is 1.88. The molecular formula is C13H8ClFN2O3. The van der Waals surface area contributed by atoms with Gasteiger partial charge < -0.3 is 14.8 Å². The van der Waals surface area contributed by atoms with Crippen LogP contribution in [0.5, 0.6) is 11.5 Å². The molecule has 7 heteroatoms. The van der Waals surface area contributed by atoms with Gasteiger partial charge in [0.1, 0.15) is 0 Å². The molecule has 5 nitrogen and oxygen atoms in total. The van der Waals surface area contributed by atoms with Gasteiger partial charge in [-0.3, -0.25) is 9.78 Å². The predicted octanol–water partition coefficient (Wildman–Crippen LogP) is 2.86. The minimum atomic E-state index is -0.707. The number of benzene rings is 1. The number of fused-ring (bicyclic) bond motifs is 1. The number of nitrogens with one attached hydrogen (secondary N) is 1. The molecule has 0 spiro atoms. The minimum absolute atomic E-state index is 0.0993. The highest BCUT2D eigenvalue weighted by Gasteiger charge is 2.19. The molecule has 2 heterocycles. The number of halogens is 2. The first-order valence-electron chi connectivity index (χ1n) is 5.65. The van der Waals surface area contributed by atoms with Gasteiger partial charge in [0.2, 0.25) is 6.79 Å². The zero-order valence-electron chi connectivity index (χ0n) is 10.0. The first kappa shape index (κ1) is 12.7. The monoisotopic (exact) mass is 294 g/mol. The van der Waals surface area contributed by atoms with Crippen LogP contribution in [-0.2, 0) is 0 Å². The van der Waals surface area contributed by atoms with E-state index in [1.807, 2.05) is 0 Å². The molecule has 102 valence electrons. The van der Waals surface area contributed by atoms with Crippen molar-refractivity contribution in [2.75, 3.05) is 12.1 Å². The smallest absolute Gasteiger partial charge is 0.258 e. The molecule has 2 aromatic rings. The first-order chi connectivity index (χ1) is 9.65. The van der Waals surface area contributed by atoms with E-state index in [9.17, 15) is 9.18 Å². The summed E-state index contributed by atoms with van der Waals surface area (Å²) in [5, 5.41) is 2.80. The van der Waals surface area contributed by atoms with Gasteiger partial charge in [-0.15, -0.1) is 0 Å². The molecular weight excluding hydrogens is 287 g/mol. The average molecular weight is 295 g/mol. The van der Waals surface area contributed by atoms with Crippen LogP contribution in [-0.4, -0.2) is 17.7 Å². The van der Waals surface area contributed by atoms with Gasteiger partial charge in [-0.25, -0.2) is 4.39 Å². The van der Waals surface area contributed by atoms with Gasteiger partial charge in [-0.2, -0.15) is 0 Å². The molecule has 1 aromatic heterocycles. The van der Waals surface area contributed by atoms with Crippen molar-refractivity contribution in [1.29, 1.82) is 0 Å². The number of amides is 1. The van der Waals surface area contributed by atoms with E-state index in [0.717, 1.165) is 6.20 Å². The van der Waals surface area contributed by atoms with E-state index < -0.39 is 11.7 Å². The zero-order chi connectivity index (χ0) is 14.1. The Morgan fingerprint density at radius 3 is 2.85 bits per heavy atom. The average Bonchev–Trinajstić information content (AvgIpc) is 2.86. The second-order valence-electron chi connectivity index (χ2n) is 3.99. The second-order valence-corrected chi connectivity index (χ2v) is 4.40. The summed E-state index contributed by atoms with van der Waals surface area (Å²) < 4.78 is 23.8. The fourth-order valence-electron chi connectivity index (χ4n) is 1.76. The molecule has 1 amide bonds. The molecule has 0 saturated heterocycles. The molecule has 0 aliphatic carbocycles. The third-order valence-electron chi connectivity index (χ3n) is 2.73. The van der Waals surface area contributed by atoms with E-state index in [4.69, 9.17) is 21.1 Å². The number of nitrogens with zero attached hydrogens (tertiary/aromatic N) is 1. The molecule has 1 N–H and O–H groups in total. The predicted molar refractivity (Wildman–Crippen MR) is 69.7 cm³/mol. The van der Waals surface area contributed by atoms with E-state index in [-0.39, 0.29) is 17.4 Å². The lowest BCUT2D eigenvalue weighted by Gasteiger charge is -2.08. The molecule has 1 aromatic carbocycles. The topological polar surface area (TPSA) is 60.5 Å². The second kappa shape index (κ2) is 4.97. The van der Waals surface area contributed by atoms with Gasteiger partial charge in [-0.1, -0.05) is 11.6 Å². The number of carbonyl (C=O) groups is 1. The summed E-state index contributed by atoms with van der Waals surface area (Å²) in [7, 11) is 0. The molecule has 0 bridgehead atoms. The van der Waals surface area contributed by atoms with Crippen LogP contribution in [0.15, 0.2) is 30.6 Å². The van der Waals surface area contributed by atoms with Gasteiger partial charge >= 0.3 is 0 Å². The highest BCUT2D eigenvalue weighted by molar-refractivity contribution is 6.34. The van der Waals surface area contributed by atoms with Crippen molar-refractivity contribution in [3.05, 3.63) is 47.0 Å². The Hall–Kier alpha value is -2.34. The highest BCUT2D eigenvalue weighted by atomic mass is 35.5. The number of ether oxygens (including phenoxy) is 2. The van der Waals surface area contributed by atoms with Crippen molar-refractivity contribution < 1.29 is 18.7 Å². The molecule has 0 atom stereocenters. The van der Waals surface area contributed by atoms with Gasteiger partial charge in [-0.05, 0) is 6.07 Å². The van der Waals surface area contributed by atoms with E-state index in [1.54, 1.807) is 0 Å². The third-order valence-corrected chi connectivity index (χ3v) is 3.04. The summed E-state index contributed by atoms with van der Waals surface area (Å²) in [5.41, 5.74) is 0.200. The SMILES string of the molecule is O=C(Nc1cc2c(cc1Cl)OCO2)c1ccncc1F. The normalized spacial score (nSPS) is 12.3. The number of carbonyl (C=O) groups excluding carboxylic acids is 1. The van der Waals surface area contributed by atoms with Crippen LogP contribution in [0.4, 0.5) is 10.1 Å². The Morgan fingerprint density at radius 2 is 2.10 bits per heavy atom. The number of pyridine rings is 1. The van der Waals surface area contributed by atoms with Gasteiger partial charge in [0.25, 0.3) is 5.91 Å². The molecule has 3 rings (SSSR count). The van der Waals surface area contributed by atoms with Gasteiger partial charge in [0, 0.05) is 18.3 Å². The molecule has 20 heavy (non-hydrogen) atoms. The van der Waals surface area contributed by atoms with Crippen LogP contribution in [0.3, 0.4) is 0 Å². The van der Waals surface area contributed by atoms with E-state index in [1.165, 1.54) is 24.4 Å². The number of hydrogen-bond acceptors (Lipinski definition) is 4. The summed E-state index contributed by atoms with van der Waals surface area (Å²) in [6.07, 6.45) is 2.30. The quantitative estimate of drug-likeness (QED) is 0.925. The van der Waals surface area contributed by atoms with Gasteiger partial charge in [0.15, 0.2) is 17.3 Å². The molecule has 0 unspecified atom stereocenters. The standard InChI is InChI=1S/C13H8ClFN2O3/c14-8-3-11-12(20-6-19-11)4-10(8)17-13(18)7-1-2-16-5-9(7)15/h1-5H,6H2,(H,17,18). The lowest BCUT2D eigenvalue weighted by Crippen LogP contribution is -2.14. The number of rotatable bonds is 2. The van der Waals surface area contributed by atoms with Crippen LogP contribution in [0.25, 0.3) is 0 Å². The maximum absolute atomic E-state index is 13.5. The van der Waals surface area contributed by atoms with E-state index >= 15 is 0 Å². The van der Waals surface area contributed by atoms with Crippen LogP contribution < -0.4 is 14.8 Å². The minimum Gasteiger partial charge on any atom is -0.454 e. The largest absolute Gasteiger partial charge is 0.454 e. The fraction of sp³-hybridized carbons (Fsp3) is 0.0769. The Kier molecular flexibility index (Phi) is 3.15. The van der Waals surface area contributed by atoms with Crippen molar-refractivity contribution in [2.45, 2.75) is 0 Å². The number of anilines is 1. The zero-order valence-corrected chi connectivity index (χ0v) is 10.8. The molecule has 0 fully saturated rings. The van der Waals surface area contributed by atoms with Crippen molar-refractivity contribution in [3.63, 3.8) is 0 Å². The number of hydrogen-bond donors (Lipinski definition) is 1. The summed E-state index contributed by atoms with van der Waals surface area (Å²) >= 11 is 6.02. The van der Waals surface area contributed by atoms with Gasteiger partial charge in [0.05, 0.1) is 22.5 Å². The van der Waals surface area contributed by atoms with Crippen molar-refractivity contribution in [2.24, 2.45) is 0 Å². The van der Waals surface area contributed by atoms with E-state index in [0.29, 0.717) is 17.2 Å². The van der Waals surface area contributed by atoms with Crippen molar-refractivity contribution in [3.8, 4) is 11.5 Å². The third kappa shape index (κ3) is 2.25. The highest BCUT2D eigenvalue weighted by Crippen LogP contribution is 2.39. The van der Waals surface area contributed by atoms with Crippen LogP contribution >= 0.6 is 11.6 Å². The molecule has 1 aliphatic heterocycles. The van der Waals surface area contributed by atoms with Crippen molar-refractivity contribution >= 4 is 23.2 Å².